The smallest absolute Gasteiger partial charge is 0.247 e. The number of furan rings is 1. The number of nitrogens with zero attached hydrogens (tertiary/aromatic N) is 3. The normalized spacial score (nSPS) is 14.1. The van der Waals surface area contributed by atoms with E-state index in [2.05, 4.69) is 20.6 Å². The topological polar surface area (TPSA) is 120 Å². The third-order valence-electron chi connectivity index (χ3n) is 4.57. The number of sulfonamides is 1. The third-order valence-corrected chi connectivity index (χ3v) is 6.89. The molecule has 0 radical (unpaired) electrons. The first-order valence-corrected chi connectivity index (χ1v) is 11.4. The highest BCUT2D eigenvalue weighted by molar-refractivity contribution is 7.89. The molecule has 9 nitrogen and oxygen atoms in total. The second kappa shape index (κ2) is 10.2. The summed E-state index contributed by atoms with van der Waals surface area (Å²) in [4.78, 5) is 8.08. The molecule has 1 heterocycles. The van der Waals surface area contributed by atoms with Gasteiger partial charge in [0.1, 0.15) is 16.4 Å². The average Bonchev–Trinajstić information content (AvgIpc) is 3.15. The lowest BCUT2D eigenvalue weighted by atomic mass is 10.1. The predicted octanol–water partition coefficient (Wildman–Crippen LogP) is 3.41. The van der Waals surface area contributed by atoms with E-state index in [0.29, 0.717) is 11.7 Å². The van der Waals surface area contributed by atoms with Gasteiger partial charge in [-0.3, -0.25) is 9.98 Å². The van der Waals surface area contributed by atoms with Gasteiger partial charge in [0.25, 0.3) is 0 Å². The van der Waals surface area contributed by atoms with Crippen molar-refractivity contribution in [3.05, 3.63) is 40.8 Å². The quantitative estimate of drug-likeness (QED) is 0.339. The lowest BCUT2D eigenvalue weighted by Gasteiger charge is -2.21. The third kappa shape index (κ3) is 5.38. The molecule has 2 aromatic rings. The van der Waals surface area contributed by atoms with Crippen molar-refractivity contribution in [1.29, 1.82) is 0 Å². The van der Waals surface area contributed by atoms with Crippen LogP contribution in [0.5, 0.6) is 5.75 Å². The highest BCUT2D eigenvalue weighted by atomic mass is 35.5. The lowest BCUT2D eigenvalue weighted by Crippen LogP contribution is -2.38. The van der Waals surface area contributed by atoms with Crippen LogP contribution in [0.4, 0.5) is 5.69 Å². The molecule has 0 bridgehead atoms. The summed E-state index contributed by atoms with van der Waals surface area (Å²) < 4.78 is 31.9. The Kier molecular flexibility index (Phi) is 8.10. The number of aromatic hydroxyl groups is 1. The molecule has 0 aliphatic rings. The zero-order valence-corrected chi connectivity index (χ0v) is 20.0. The Morgan fingerprint density at radius 1 is 1.19 bits per heavy atom. The molecular formula is C20H28ClN5O4S. The number of aliphatic imine (C=N–C) groups is 2. The van der Waals surface area contributed by atoms with Gasteiger partial charge in [-0.15, -0.1) is 0 Å². The van der Waals surface area contributed by atoms with Gasteiger partial charge in [0.05, 0.1) is 16.8 Å². The number of phenolic OH excluding ortho intramolecular Hbond substituents is 1. The maximum Gasteiger partial charge on any atom is 0.247 e. The number of phenols is 1. The summed E-state index contributed by atoms with van der Waals surface area (Å²) in [7, 11) is 1.89. The van der Waals surface area contributed by atoms with Crippen LogP contribution in [0, 0.1) is 6.92 Å². The van der Waals surface area contributed by atoms with E-state index in [1.165, 1.54) is 26.2 Å². The van der Waals surface area contributed by atoms with E-state index in [-0.39, 0.29) is 21.6 Å². The SMILES string of the molecule is CC[C@@H](NC(=N/C)/C(=N\C)Nc1ccc(Cl)c(S(=O)(=O)N(C)C)c1O)c1ccc(C)o1. The molecule has 0 aliphatic heterocycles. The zero-order valence-electron chi connectivity index (χ0n) is 18.4. The second-order valence-electron chi connectivity index (χ2n) is 6.88. The first-order chi connectivity index (χ1) is 14.6. The van der Waals surface area contributed by atoms with E-state index in [9.17, 15) is 13.5 Å². The van der Waals surface area contributed by atoms with Gasteiger partial charge in [0.2, 0.25) is 10.0 Å². The molecule has 1 aromatic carbocycles. The fourth-order valence-electron chi connectivity index (χ4n) is 2.84. The van der Waals surface area contributed by atoms with E-state index in [0.717, 1.165) is 22.2 Å². The number of rotatable bonds is 6. The molecule has 2 rings (SSSR count). The zero-order chi connectivity index (χ0) is 23.3. The van der Waals surface area contributed by atoms with Crippen LogP contribution < -0.4 is 10.6 Å². The Balaban J connectivity index is 2.37. The molecule has 31 heavy (non-hydrogen) atoms. The molecule has 170 valence electrons. The van der Waals surface area contributed by atoms with Crippen molar-refractivity contribution >= 4 is 39.0 Å². The number of benzene rings is 1. The van der Waals surface area contributed by atoms with Crippen LogP contribution in [0.2, 0.25) is 5.02 Å². The minimum Gasteiger partial charge on any atom is -0.504 e. The summed E-state index contributed by atoms with van der Waals surface area (Å²) in [5.41, 5.74) is 0.121. The van der Waals surface area contributed by atoms with Crippen LogP contribution in [0.25, 0.3) is 0 Å². The van der Waals surface area contributed by atoms with E-state index >= 15 is 0 Å². The van der Waals surface area contributed by atoms with Gasteiger partial charge in [0, 0.05) is 28.2 Å². The van der Waals surface area contributed by atoms with Crippen molar-refractivity contribution in [3.8, 4) is 5.75 Å². The number of aryl methyl sites for hydroxylation is 1. The van der Waals surface area contributed by atoms with Crippen molar-refractivity contribution < 1.29 is 17.9 Å². The van der Waals surface area contributed by atoms with Crippen LogP contribution in [-0.2, 0) is 10.0 Å². The molecule has 0 saturated carbocycles. The van der Waals surface area contributed by atoms with Gasteiger partial charge in [-0.25, -0.2) is 12.7 Å². The van der Waals surface area contributed by atoms with Crippen LogP contribution >= 0.6 is 11.6 Å². The molecule has 0 saturated heterocycles. The fraction of sp³-hybridized carbons (Fsp3) is 0.400. The summed E-state index contributed by atoms with van der Waals surface area (Å²) >= 11 is 6.08. The summed E-state index contributed by atoms with van der Waals surface area (Å²) in [5.74, 6) is 1.76. The Labute approximate surface area is 187 Å². The van der Waals surface area contributed by atoms with Crippen molar-refractivity contribution in [1.82, 2.24) is 9.62 Å². The summed E-state index contributed by atoms with van der Waals surface area (Å²) in [6.45, 7) is 3.87. The van der Waals surface area contributed by atoms with Gasteiger partial charge in [-0.05, 0) is 37.6 Å². The molecule has 1 atom stereocenters. The van der Waals surface area contributed by atoms with Crippen LogP contribution in [0.3, 0.4) is 0 Å². The van der Waals surface area contributed by atoms with Gasteiger partial charge in [0.15, 0.2) is 17.4 Å². The molecule has 0 unspecified atom stereocenters. The first-order valence-electron chi connectivity index (χ1n) is 9.54. The minimum absolute atomic E-state index is 0.0894. The van der Waals surface area contributed by atoms with Crippen LogP contribution in [0.1, 0.15) is 30.9 Å². The molecule has 11 heteroatoms. The van der Waals surface area contributed by atoms with Crippen molar-refractivity contribution in [2.75, 3.05) is 33.5 Å². The Morgan fingerprint density at radius 3 is 2.32 bits per heavy atom. The minimum atomic E-state index is -3.97. The van der Waals surface area contributed by atoms with Crippen molar-refractivity contribution in [2.24, 2.45) is 9.98 Å². The predicted molar refractivity (Wildman–Crippen MR) is 124 cm³/mol. The van der Waals surface area contributed by atoms with E-state index < -0.39 is 15.8 Å². The number of anilines is 1. The van der Waals surface area contributed by atoms with Gasteiger partial charge in [-0.1, -0.05) is 18.5 Å². The highest BCUT2D eigenvalue weighted by Gasteiger charge is 2.27. The van der Waals surface area contributed by atoms with Crippen molar-refractivity contribution in [3.63, 3.8) is 0 Å². The first kappa shape index (κ1) is 24.7. The highest BCUT2D eigenvalue weighted by Crippen LogP contribution is 2.38. The molecule has 0 amide bonds. The molecule has 0 fully saturated rings. The number of amidine groups is 2. The van der Waals surface area contributed by atoms with Gasteiger partial charge in [-0.2, -0.15) is 0 Å². The Hall–Kier alpha value is -2.56. The Morgan fingerprint density at radius 2 is 1.84 bits per heavy atom. The fourth-order valence-corrected chi connectivity index (χ4v) is 4.32. The number of halogens is 1. The molecule has 0 spiro atoms. The van der Waals surface area contributed by atoms with Crippen molar-refractivity contribution in [2.45, 2.75) is 31.2 Å². The molecule has 1 aromatic heterocycles. The maximum atomic E-state index is 12.6. The average molecular weight is 470 g/mol. The summed E-state index contributed by atoms with van der Waals surface area (Å²) in [6.07, 6.45) is 0.723. The van der Waals surface area contributed by atoms with Crippen LogP contribution in [-0.4, -0.2) is 57.7 Å². The van der Waals surface area contributed by atoms with Gasteiger partial charge < -0.3 is 20.2 Å². The lowest BCUT2D eigenvalue weighted by molar-refractivity contribution is 0.424. The standard InChI is InChI=1S/C20H28ClN5O4S/c1-7-14(16-11-8-12(2)30-16)24-19(22-3)20(23-4)25-15-10-9-13(21)18(17(15)27)31(28,29)26(5)6/h8-11,14,27H,7H2,1-6H3,(H,22,24)(H,23,25)/t14-/m1/s1. The van der Waals surface area contributed by atoms with E-state index in [4.69, 9.17) is 16.0 Å². The van der Waals surface area contributed by atoms with Gasteiger partial charge >= 0.3 is 0 Å². The number of hydrogen-bond acceptors (Lipinski definition) is 6. The van der Waals surface area contributed by atoms with E-state index in [1.807, 2.05) is 26.0 Å². The molecule has 3 N–H and O–H groups in total. The summed E-state index contributed by atoms with van der Waals surface area (Å²) in [6, 6.07) is 6.48. The summed E-state index contributed by atoms with van der Waals surface area (Å²) in [5, 5.41) is 16.8. The van der Waals surface area contributed by atoms with Crippen LogP contribution in [0.15, 0.2) is 43.6 Å². The number of nitrogens with one attached hydrogen (secondary N) is 2. The van der Waals surface area contributed by atoms with E-state index in [1.54, 1.807) is 14.1 Å². The maximum absolute atomic E-state index is 12.6. The second-order valence-corrected chi connectivity index (χ2v) is 9.38. The number of hydrogen-bond donors (Lipinski definition) is 3. The molecular weight excluding hydrogens is 442 g/mol. The largest absolute Gasteiger partial charge is 0.504 e. The Bertz CT molecular complexity index is 1090. The molecule has 0 aliphatic carbocycles. The monoisotopic (exact) mass is 469 g/mol.